The Bertz CT molecular complexity index is 478. The minimum atomic E-state index is 0.630. The fourth-order valence-electron chi connectivity index (χ4n) is 1.07. The Morgan fingerprint density at radius 3 is 3.00 bits per heavy atom. The molecule has 2 heterocycles. The van der Waals surface area contributed by atoms with Crippen LogP contribution in [0.3, 0.4) is 0 Å². The van der Waals surface area contributed by atoms with Crippen LogP contribution in [0, 0.1) is 18.3 Å². The van der Waals surface area contributed by atoms with Crippen LogP contribution in [0.1, 0.15) is 15.6 Å². The maximum absolute atomic E-state index is 8.64. The topological polar surface area (TPSA) is 67.4 Å². The Morgan fingerprint density at radius 1 is 1.57 bits per heavy atom. The summed E-state index contributed by atoms with van der Waals surface area (Å²) in [7, 11) is 0. The monoisotopic (exact) mass is 205 g/mol. The van der Waals surface area contributed by atoms with E-state index < -0.39 is 0 Å². The van der Waals surface area contributed by atoms with Gasteiger partial charge in [0.05, 0.1) is 6.54 Å². The molecule has 0 aliphatic carbocycles. The Hall–Kier alpha value is -1.74. The molecule has 0 N–H and O–H groups in total. The first-order valence-corrected chi connectivity index (χ1v) is 4.83. The van der Waals surface area contributed by atoms with Crippen LogP contribution >= 0.6 is 11.3 Å². The van der Waals surface area contributed by atoms with Gasteiger partial charge in [-0.2, -0.15) is 5.26 Å². The van der Waals surface area contributed by atoms with Gasteiger partial charge in [-0.3, -0.25) is 0 Å². The van der Waals surface area contributed by atoms with E-state index in [9.17, 15) is 0 Å². The van der Waals surface area contributed by atoms with E-state index in [1.165, 1.54) is 11.3 Å². The molecule has 0 saturated heterocycles. The first-order valence-electron chi connectivity index (χ1n) is 4.01. The zero-order chi connectivity index (χ0) is 9.97. The molecule has 0 spiro atoms. The van der Waals surface area contributed by atoms with E-state index in [-0.39, 0.29) is 0 Å². The van der Waals surface area contributed by atoms with E-state index in [4.69, 9.17) is 5.26 Å². The van der Waals surface area contributed by atoms with Crippen LogP contribution in [0.5, 0.6) is 0 Å². The SMILES string of the molecule is Cc1nnnn1Cc1ccc(C#N)s1. The Labute approximate surface area is 84.6 Å². The summed E-state index contributed by atoms with van der Waals surface area (Å²) >= 11 is 1.46. The number of aryl methyl sites for hydroxylation is 1. The fraction of sp³-hybridized carbons (Fsp3) is 0.250. The summed E-state index contributed by atoms with van der Waals surface area (Å²) in [5, 5.41) is 19.8. The van der Waals surface area contributed by atoms with Gasteiger partial charge in [0, 0.05) is 4.88 Å². The lowest BCUT2D eigenvalue weighted by Gasteiger charge is -1.96. The highest BCUT2D eigenvalue weighted by molar-refractivity contribution is 7.12. The molecule has 2 aromatic heterocycles. The molecule has 0 aromatic carbocycles. The summed E-state index contributed by atoms with van der Waals surface area (Å²) in [5.74, 6) is 0.775. The van der Waals surface area contributed by atoms with Gasteiger partial charge < -0.3 is 0 Å². The van der Waals surface area contributed by atoms with Gasteiger partial charge in [-0.05, 0) is 29.5 Å². The predicted octanol–water partition coefficient (Wildman–Crippen LogP) is 0.963. The number of rotatable bonds is 2. The van der Waals surface area contributed by atoms with Crippen LogP contribution in [-0.4, -0.2) is 20.2 Å². The lowest BCUT2D eigenvalue weighted by atomic mass is 10.4. The van der Waals surface area contributed by atoms with Gasteiger partial charge >= 0.3 is 0 Å². The van der Waals surface area contributed by atoms with Crippen molar-refractivity contribution in [3.8, 4) is 6.07 Å². The molecule has 0 radical (unpaired) electrons. The second kappa shape index (κ2) is 3.55. The first-order chi connectivity index (χ1) is 6.79. The van der Waals surface area contributed by atoms with Crippen LogP contribution in [0.2, 0.25) is 0 Å². The van der Waals surface area contributed by atoms with E-state index in [1.807, 2.05) is 13.0 Å². The van der Waals surface area contributed by atoms with Crippen molar-refractivity contribution in [2.75, 3.05) is 0 Å². The number of nitriles is 1. The van der Waals surface area contributed by atoms with Crippen molar-refractivity contribution in [3.05, 3.63) is 27.7 Å². The number of nitrogens with zero attached hydrogens (tertiary/aromatic N) is 5. The maximum atomic E-state index is 8.64. The third-order valence-corrected chi connectivity index (χ3v) is 2.76. The fourth-order valence-corrected chi connectivity index (χ4v) is 1.85. The maximum Gasteiger partial charge on any atom is 0.148 e. The Kier molecular flexibility index (Phi) is 2.24. The van der Waals surface area contributed by atoms with Crippen molar-refractivity contribution < 1.29 is 0 Å². The molecule has 0 aliphatic heterocycles. The molecular formula is C8H7N5S. The van der Waals surface area contributed by atoms with Crippen LogP contribution in [0.15, 0.2) is 12.1 Å². The minimum Gasteiger partial charge on any atom is -0.225 e. The smallest absolute Gasteiger partial charge is 0.148 e. The largest absolute Gasteiger partial charge is 0.225 e. The molecule has 0 aliphatic rings. The van der Waals surface area contributed by atoms with E-state index in [2.05, 4.69) is 21.6 Å². The third kappa shape index (κ3) is 1.63. The highest BCUT2D eigenvalue weighted by Gasteiger charge is 2.03. The second-order valence-corrected chi connectivity index (χ2v) is 3.93. The number of tetrazole rings is 1. The molecule has 6 heteroatoms. The normalized spacial score (nSPS) is 10.0. The molecule has 0 atom stereocenters. The molecule has 0 unspecified atom stereocenters. The molecule has 0 saturated carbocycles. The van der Waals surface area contributed by atoms with Crippen molar-refractivity contribution in [2.45, 2.75) is 13.5 Å². The molecule has 70 valence electrons. The minimum absolute atomic E-state index is 0.630. The van der Waals surface area contributed by atoms with Gasteiger partial charge in [0.1, 0.15) is 16.8 Å². The molecule has 0 fully saturated rings. The summed E-state index contributed by atoms with van der Waals surface area (Å²) in [6, 6.07) is 5.83. The van der Waals surface area contributed by atoms with Crippen molar-refractivity contribution in [2.24, 2.45) is 0 Å². The van der Waals surface area contributed by atoms with Crippen LogP contribution < -0.4 is 0 Å². The number of hydrogen-bond acceptors (Lipinski definition) is 5. The zero-order valence-corrected chi connectivity index (χ0v) is 8.32. The van der Waals surface area contributed by atoms with E-state index in [0.717, 1.165) is 10.7 Å². The van der Waals surface area contributed by atoms with Gasteiger partial charge in [0.2, 0.25) is 0 Å². The average molecular weight is 205 g/mol. The molecular weight excluding hydrogens is 198 g/mol. The van der Waals surface area contributed by atoms with Crippen LogP contribution in [-0.2, 0) is 6.54 Å². The van der Waals surface area contributed by atoms with Gasteiger partial charge in [0.25, 0.3) is 0 Å². The standard InChI is InChI=1S/C8H7N5S/c1-6-10-11-12-13(6)5-8-3-2-7(4-9)14-8/h2-3H,5H2,1H3. The first kappa shape index (κ1) is 8.84. The van der Waals surface area contributed by atoms with Gasteiger partial charge in [-0.1, -0.05) is 0 Å². The third-order valence-electron chi connectivity index (χ3n) is 1.79. The number of thiophene rings is 1. The van der Waals surface area contributed by atoms with Crippen molar-refractivity contribution >= 4 is 11.3 Å². The quantitative estimate of drug-likeness (QED) is 0.732. The molecule has 2 aromatic rings. The second-order valence-electron chi connectivity index (χ2n) is 2.76. The predicted molar refractivity (Wildman–Crippen MR) is 50.7 cm³/mol. The molecule has 0 amide bonds. The molecule has 5 nitrogen and oxygen atoms in total. The van der Waals surface area contributed by atoms with E-state index >= 15 is 0 Å². The van der Waals surface area contributed by atoms with E-state index in [1.54, 1.807) is 10.7 Å². The van der Waals surface area contributed by atoms with Crippen LogP contribution in [0.25, 0.3) is 0 Å². The van der Waals surface area contributed by atoms with E-state index in [0.29, 0.717) is 11.4 Å². The highest BCUT2D eigenvalue weighted by Crippen LogP contribution is 2.16. The van der Waals surface area contributed by atoms with Crippen molar-refractivity contribution in [1.82, 2.24) is 20.2 Å². The Balaban J connectivity index is 2.20. The summed E-state index contributed by atoms with van der Waals surface area (Å²) in [5.41, 5.74) is 0. The van der Waals surface area contributed by atoms with Crippen molar-refractivity contribution in [3.63, 3.8) is 0 Å². The number of hydrogen-bond donors (Lipinski definition) is 0. The molecule has 0 bridgehead atoms. The summed E-state index contributed by atoms with van der Waals surface area (Å²) < 4.78 is 1.70. The van der Waals surface area contributed by atoms with Gasteiger partial charge in [-0.25, -0.2) is 4.68 Å². The Morgan fingerprint density at radius 2 is 2.43 bits per heavy atom. The van der Waals surface area contributed by atoms with Crippen molar-refractivity contribution in [1.29, 1.82) is 5.26 Å². The summed E-state index contributed by atoms with van der Waals surface area (Å²) in [6.07, 6.45) is 0. The summed E-state index contributed by atoms with van der Waals surface area (Å²) in [6.45, 7) is 2.48. The van der Waals surface area contributed by atoms with Crippen LogP contribution in [0.4, 0.5) is 0 Å². The lowest BCUT2D eigenvalue weighted by Crippen LogP contribution is -2.02. The average Bonchev–Trinajstić information content (AvgIpc) is 2.77. The number of aromatic nitrogens is 4. The lowest BCUT2D eigenvalue weighted by molar-refractivity contribution is 0.639. The molecule has 2 rings (SSSR count). The zero-order valence-electron chi connectivity index (χ0n) is 7.51. The summed E-state index contributed by atoms with van der Waals surface area (Å²) in [4.78, 5) is 1.79. The van der Waals surface area contributed by atoms with Gasteiger partial charge in [-0.15, -0.1) is 16.4 Å². The highest BCUT2D eigenvalue weighted by atomic mass is 32.1. The van der Waals surface area contributed by atoms with Gasteiger partial charge in [0.15, 0.2) is 0 Å². The molecule has 14 heavy (non-hydrogen) atoms.